The Hall–Kier alpha value is -3.52. The van der Waals surface area contributed by atoms with Gasteiger partial charge in [0.05, 0.1) is 0 Å². The van der Waals surface area contributed by atoms with Crippen LogP contribution in [-0.2, 0) is 6.42 Å². The van der Waals surface area contributed by atoms with Crippen LogP contribution in [0.4, 0.5) is 0 Å². The van der Waals surface area contributed by atoms with E-state index in [0.29, 0.717) is 5.75 Å². The van der Waals surface area contributed by atoms with E-state index in [9.17, 15) is 10.2 Å². The molecule has 0 atom stereocenters. The number of benzene rings is 4. The first-order chi connectivity index (χ1) is 14.1. The summed E-state index contributed by atoms with van der Waals surface area (Å²) < 4.78 is 0. The lowest BCUT2D eigenvalue weighted by Gasteiger charge is -2.09. The maximum atomic E-state index is 10.0. The Kier molecular flexibility index (Phi) is 5.35. The van der Waals surface area contributed by atoms with Crippen molar-refractivity contribution in [3.8, 4) is 44.9 Å². The highest BCUT2D eigenvalue weighted by atomic mass is 16.3. The summed E-state index contributed by atoms with van der Waals surface area (Å²) in [7, 11) is 0. The van der Waals surface area contributed by atoms with Gasteiger partial charge in [0.1, 0.15) is 11.5 Å². The van der Waals surface area contributed by atoms with Crippen molar-refractivity contribution in [2.45, 2.75) is 19.8 Å². The van der Waals surface area contributed by atoms with E-state index in [1.165, 1.54) is 5.56 Å². The van der Waals surface area contributed by atoms with Crippen LogP contribution in [0.15, 0.2) is 91.0 Å². The van der Waals surface area contributed by atoms with Crippen molar-refractivity contribution in [1.29, 1.82) is 0 Å². The number of phenolic OH excluding ortho intramolecular Hbond substituents is 2. The van der Waals surface area contributed by atoms with Gasteiger partial charge < -0.3 is 10.2 Å². The quantitative estimate of drug-likeness (QED) is 0.389. The van der Waals surface area contributed by atoms with Gasteiger partial charge >= 0.3 is 0 Å². The molecule has 0 saturated carbocycles. The smallest absolute Gasteiger partial charge is 0.118 e. The van der Waals surface area contributed by atoms with E-state index in [0.717, 1.165) is 46.2 Å². The summed E-state index contributed by atoms with van der Waals surface area (Å²) in [6.07, 6.45) is 1.89. The van der Waals surface area contributed by atoms with E-state index in [1.54, 1.807) is 18.2 Å². The van der Waals surface area contributed by atoms with Crippen molar-refractivity contribution >= 4 is 0 Å². The third kappa shape index (κ3) is 4.17. The van der Waals surface area contributed by atoms with Crippen LogP contribution in [0.25, 0.3) is 33.4 Å². The van der Waals surface area contributed by atoms with Crippen molar-refractivity contribution < 1.29 is 10.2 Å². The molecular formula is C27H24O2. The Morgan fingerprint density at radius 1 is 0.517 bits per heavy atom. The van der Waals surface area contributed by atoms with Gasteiger partial charge in [0.2, 0.25) is 0 Å². The molecule has 0 aliphatic heterocycles. The molecule has 0 fully saturated rings. The molecule has 4 aromatic rings. The summed E-state index contributed by atoms with van der Waals surface area (Å²) >= 11 is 0. The molecule has 2 nitrogen and oxygen atoms in total. The Morgan fingerprint density at radius 2 is 0.897 bits per heavy atom. The van der Waals surface area contributed by atoms with E-state index < -0.39 is 0 Å². The molecule has 0 unspecified atom stereocenters. The SMILES string of the molecule is CCCc1cc(-c2ccc(-c3ccc(-c4ccc(O)cc4)cc3)cc2)ccc1O. The minimum absolute atomic E-state index is 0.279. The van der Waals surface area contributed by atoms with Gasteiger partial charge in [-0.05, 0) is 69.6 Å². The molecule has 0 aromatic heterocycles. The molecule has 0 saturated heterocycles. The highest BCUT2D eigenvalue weighted by molar-refractivity contribution is 5.74. The molecule has 0 amide bonds. The molecule has 4 rings (SSSR count). The van der Waals surface area contributed by atoms with E-state index in [2.05, 4.69) is 61.5 Å². The Labute approximate surface area is 171 Å². The third-order valence-electron chi connectivity index (χ3n) is 5.24. The van der Waals surface area contributed by atoms with Crippen LogP contribution in [0.3, 0.4) is 0 Å². The van der Waals surface area contributed by atoms with Gasteiger partial charge in [-0.15, -0.1) is 0 Å². The predicted octanol–water partition coefficient (Wildman–Crippen LogP) is 7.05. The van der Waals surface area contributed by atoms with Crippen molar-refractivity contribution in [2.75, 3.05) is 0 Å². The highest BCUT2D eigenvalue weighted by Gasteiger charge is 2.06. The average molecular weight is 380 g/mol. The summed E-state index contributed by atoms with van der Waals surface area (Å²) in [6, 6.07) is 30.1. The molecule has 2 N–H and O–H groups in total. The van der Waals surface area contributed by atoms with Crippen molar-refractivity contribution in [1.82, 2.24) is 0 Å². The Balaban J connectivity index is 1.56. The van der Waals surface area contributed by atoms with Gasteiger partial charge in [-0.1, -0.05) is 80.1 Å². The van der Waals surface area contributed by atoms with Crippen molar-refractivity contribution in [3.63, 3.8) is 0 Å². The summed E-state index contributed by atoms with van der Waals surface area (Å²) in [6.45, 7) is 2.12. The topological polar surface area (TPSA) is 40.5 Å². The van der Waals surface area contributed by atoms with E-state index >= 15 is 0 Å². The van der Waals surface area contributed by atoms with Gasteiger partial charge in [-0.25, -0.2) is 0 Å². The fourth-order valence-electron chi connectivity index (χ4n) is 3.60. The second-order valence-corrected chi connectivity index (χ2v) is 7.30. The molecule has 0 bridgehead atoms. The lowest BCUT2D eigenvalue weighted by Crippen LogP contribution is -1.87. The molecule has 0 aliphatic rings. The molecule has 2 heteroatoms. The minimum Gasteiger partial charge on any atom is -0.508 e. The summed E-state index contributed by atoms with van der Waals surface area (Å²) in [5.41, 5.74) is 7.80. The van der Waals surface area contributed by atoms with Gasteiger partial charge in [-0.3, -0.25) is 0 Å². The summed E-state index contributed by atoms with van der Waals surface area (Å²) in [4.78, 5) is 0. The van der Waals surface area contributed by atoms with Gasteiger partial charge in [0.15, 0.2) is 0 Å². The van der Waals surface area contributed by atoms with E-state index in [4.69, 9.17) is 0 Å². The lowest BCUT2D eigenvalue weighted by atomic mass is 9.96. The Bertz CT molecular complexity index is 1090. The van der Waals surface area contributed by atoms with Gasteiger partial charge in [0, 0.05) is 0 Å². The third-order valence-corrected chi connectivity index (χ3v) is 5.24. The Morgan fingerprint density at radius 3 is 1.34 bits per heavy atom. The van der Waals surface area contributed by atoms with E-state index in [-0.39, 0.29) is 5.75 Å². The molecule has 0 radical (unpaired) electrons. The molecule has 144 valence electrons. The van der Waals surface area contributed by atoms with Crippen molar-refractivity contribution in [2.24, 2.45) is 0 Å². The normalized spacial score (nSPS) is 10.8. The molecule has 29 heavy (non-hydrogen) atoms. The second-order valence-electron chi connectivity index (χ2n) is 7.30. The second kappa shape index (κ2) is 8.24. The number of phenols is 2. The lowest BCUT2D eigenvalue weighted by molar-refractivity contribution is 0.467. The van der Waals surface area contributed by atoms with Crippen molar-refractivity contribution in [3.05, 3.63) is 96.6 Å². The largest absolute Gasteiger partial charge is 0.508 e. The maximum Gasteiger partial charge on any atom is 0.118 e. The number of aryl methyl sites for hydroxylation is 1. The number of rotatable bonds is 5. The summed E-state index contributed by atoms with van der Waals surface area (Å²) in [5.74, 6) is 0.654. The van der Waals surface area contributed by atoms with E-state index in [1.807, 2.05) is 18.2 Å². The van der Waals surface area contributed by atoms with Crippen LogP contribution in [-0.4, -0.2) is 10.2 Å². The number of hydrogen-bond acceptors (Lipinski definition) is 2. The predicted molar refractivity (Wildman–Crippen MR) is 120 cm³/mol. The molecule has 0 spiro atoms. The molecule has 0 aliphatic carbocycles. The van der Waals surface area contributed by atoms with Crippen LogP contribution in [0.5, 0.6) is 11.5 Å². The van der Waals surface area contributed by atoms with Crippen LogP contribution in [0.1, 0.15) is 18.9 Å². The van der Waals surface area contributed by atoms with Crippen LogP contribution < -0.4 is 0 Å². The molecule has 4 aromatic carbocycles. The molecule has 0 heterocycles. The van der Waals surface area contributed by atoms with Gasteiger partial charge in [-0.2, -0.15) is 0 Å². The zero-order valence-corrected chi connectivity index (χ0v) is 16.5. The first-order valence-corrected chi connectivity index (χ1v) is 9.96. The van der Waals surface area contributed by atoms with Crippen LogP contribution in [0, 0.1) is 0 Å². The van der Waals surface area contributed by atoms with Gasteiger partial charge in [0.25, 0.3) is 0 Å². The van der Waals surface area contributed by atoms with Crippen LogP contribution in [0.2, 0.25) is 0 Å². The zero-order valence-electron chi connectivity index (χ0n) is 16.5. The monoisotopic (exact) mass is 380 g/mol. The fraction of sp³-hybridized carbons (Fsp3) is 0.111. The molecular weight excluding hydrogens is 356 g/mol. The number of hydrogen-bond donors (Lipinski definition) is 2. The first-order valence-electron chi connectivity index (χ1n) is 9.96. The zero-order chi connectivity index (χ0) is 20.2. The fourth-order valence-corrected chi connectivity index (χ4v) is 3.60. The minimum atomic E-state index is 0.279. The number of aromatic hydroxyl groups is 2. The maximum absolute atomic E-state index is 10.0. The highest BCUT2D eigenvalue weighted by Crippen LogP contribution is 2.30. The standard InChI is InChI=1S/C27H24O2/c1-2-3-25-18-24(14-17-27(25)29)23-10-8-20(9-11-23)19-4-6-21(7-5-19)22-12-15-26(28)16-13-22/h4-18,28-29H,2-3H2,1H3. The van der Waals surface area contributed by atoms with Crippen LogP contribution >= 0.6 is 0 Å². The average Bonchev–Trinajstić information content (AvgIpc) is 2.76. The first kappa shape index (κ1) is 18.8. The summed E-state index contributed by atoms with van der Waals surface area (Å²) in [5, 5.41) is 19.5.